The van der Waals surface area contributed by atoms with Crippen molar-refractivity contribution in [3.05, 3.63) is 0 Å². The van der Waals surface area contributed by atoms with Crippen LogP contribution in [0.15, 0.2) is 0 Å². The maximum atomic E-state index is 12.4. The average Bonchev–Trinajstić information content (AvgIpc) is 2.34. The molecular formula is C13H24N2O2. The average molecular weight is 240 g/mol. The molecule has 0 aromatic carbocycles. The summed E-state index contributed by atoms with van der Waals surface area (Å²) in [4.78, 5) is 12.4. The molecule has 2 aliphatic rings. The van der Waals surface area contributed by atoms with Crippen molar-refractivity contribution in [2.75, 3.05) is 13.2 Å². The molecule has 2 fully saturated rings. The standard InChI is InChI=1S/C13H24N2O2/c14-9-12(5-2-1-3-6-12)11(17)15-13(10-16)7-4-8-13/h16H,1-10,14H2,(H,15,17). The highest BCUT2D eigenvalue weighted by Gasteiger charge is 2.44. The number of hydrogen-bond acceptors (Lipinski definition) is 3. The van der Waals surface area contributed by atoms with E-state index in [9.17, 15) is 9.90 Å². The first-order valence-electron chi connectivity index (χ1n) is 6.80. The van der Waals surface area contributed by atoms with Crippen molar-refractivity contribution in [3.63, 3.8) is 0 Å². The molecule has 0 spiro atoms. The van der Waals surface area contributed by atoms with Gasteiger partial charge in [-0.25, -0.2) is 0 Å². The first-order chi connectivity index (χ1) is 8.16. The highest BCUT2D eigenvalue weighted by molar-refractivity contribution is 5.83. The van der Waals surface area contributed by atoms with Crippen molar-refractivity contribution < 1.29 is 9.90 Å². The Morgan fingerprint density at radius 2 is 1.76 bits per heavy atom. The second-order valence-electron chi connectivity index (χ2n) is 5.79. The van der Waals surface area contributed by atoms with Crippen LogP contribution in [-0.4, -0.2) is 29.7 Å². The van der Waals surface area contributed by atoms with Crippen molar-refractivity contribution in [3.8, 4) is 0 Å². The molecule has 4 nitrogen and oxygen atoms in total. The molecule has 0 atom stereocenters. The van der Waals surface area contributed by atoms with Crippen molar-refractivity contribution >= 4 is 5.91 Å². The monoisotopic (exact) mass is 240 g/mol. The quantitative estimate of drug-likeness (QED) is 0.684. The number of aliphatic hydroxyl groups is 1. The molecule has 2 rings (SSSR count). The minimum atomic E-state index is -0.365. The Balaban J connectivity index is 2.01. The number of amides is 1. The van der Waals surface area contributed by atoms with E-state index in [0.717, 1.165) is 44.9 Å². The Labute approximate surface area is 103 Å². The summed E-state index contributed by atoms with van der Waals surface area (Å²) >= 11 is 0. The van der Waals surface area contributed by atoms with Crippen LogP contribution in [0.25, 0.3) is 0 Å². The summed E-state index contributed by atoms with van der Waals surface area (Å²) in [6.45, 7) is 0.486. The highest BCUT2D eigenvalue weighted by atomic mass is 16.3. The van der Waals surface area contributed by atoms with Gasteiger partial charge in [0.2, 0.25) is 5.91 Å². The van der Waals surface area contributed by atoms with Gasteiger partial charge in [-0.1, -0.05) is 19.3 Å². The van der Waals surface area contributed by atoms with E-state index < -0.39 is 0 Å². The minimum absolute atomic E-state index is 0.0550. The van der Waals surface area contributed by atoms with Crippen LogP contribution in [0.4, 0.5) is 0 Å². The summed E-state index contributed by atoms with van der Waals surface area (Å²) < 4.78 is 0. The van der Waals surface area contributed by atoms with E-state index in [0.29, 0.717) is 6.54 Å². The van der Waals surface area contributed by atoms with E-state index in [1.807, 2.05) is 0 Å². The van der Waals surface area contributed by atoms with Gasteiger partial charge in [0.05, 0.1) is 17.6 Å². The Bertz CT molecular complexity index is 276. The summed E-state index contributed by atoms with van der Waals surface area (Å²) in [5, 5.41) is 12.5. The molecule has 2 aliphatic carbocycles. The zero-order valence-corrected chi connectivity index (χ0v) is 10.5. The number of hydrogen-bond donors (Lipinski definition) is 3. The first-order valence-corrected chi connectivity index (χ1v) is 6.80. The topological polar surface area (TPSA) is 75.4 Å². The molecule has 1 amide bonds. The SMILES string of the molecule is NCC1(C(=O)NC2(CO)CCC2)CCCCC1. The molecule has 0 aliphatic heterocycles. The van der Waals surface area contributed by atoms with Gasteiger partial charge in [0.1, 0.15) is 0 Å². The number of nitrogens with one attached hydrogen (secondary N) is 1. The van der Waals surface area contributed by atoms with E-state index in [-0.39, 0.29) is 23.5 Å². The lowest BCUT2D eigenvalue weighted by molar-refractivity contribution is -0.136. The van der Waals surface area contributed by atoms with Crippen LogP contribution in [0.1, 0.15) is 51.4 Å². The minimum Gasteiger partial charge on any atom is -0.394 e. The Kier molecular flexibility index (Phi) is 3.73. The van der Waals surface area contributed by atoms with Crippen LogP contribution in [0.3, 0.4) is 0 Å². The van der Waals surface area contributed by atoms with E-state index in [4.69, 9.17) is 5.73 Å². The smallest absolute Gasteiger partial charge is 0.228 e. The Morgan fingerprint density at radius 1 is 1.12 bits per heavy atom. The molecule has 0 radical (unpaired) electrons. The van der Waals surface area contributed by atoms with Crippen LogP contribution in [0.5, 0.6) is 0 Å². The number of rotatable bonds is 4. The van der Waals surface area contributed by atoms with Gasteiger partial charge in [-0.2, -0.15) is 0 Å². The predicted molar refractivity (Wildman–Crippen MR) is 66.4 cm³/mol. The van der Waals surface area contributed by atoms with Crippen LogP contribution in [0.2, 0.25) is 0 Å². The predicted octanol–water partition coefficient (Wildman–Crippen LogP) is 0.927. The number of carbonyl (C=O) groups is 1. The van der Waals surface area contributed by atoms with Crippen molar-refractivity contribution in [2.24, 2.45) is 11.1 Å². The van der Waals surface area contributed by atoms with E-state index in [1.54, 1.807) is 0 Å². The van der Waals surface area contributed by atoms with Crippen molar-refractivity contribution in [2.45, 2.75) is 56.9 Å². The fourth-order valence-electron chi connectivity index (χ4n) is 3.05. The van der Waals surface area contributed by atoms with Crippen molar-refractivity contribution in [1.82, 2.24) is 5.32 Å². The third-order valence-corrected chi connectivity index (χ3v) is 4.68. The normalized spacial score (nSPS) is 26.0. The third kappa shape index (κ3) is 2.33. The van der Waals surface area contributed by atoms with Gasteiger partial charge < -0.3 is 16.2 Å². The van der Waals surface area contributed by atoms with Crippen LogP contribution >= 0.6 is 0 Å². The zero-order chi connectivity index (χ0) is 12.4. The lowest BCUT2D eigenvalue weighted by Crippen LogP contribution is -2.61. The van der Waals surface area contributed by atoms with Gasteiger partial charge >= 0.3 is 0 Å². The number of carbonyl (C=O) groups excluding carboxylic acids is 1. The second kappa shape index (κ2) is 4.94. The maximum absolute atomic E-state index is 12.4. The van der Waals surface area contributed by atoms with Gasteiger partial charge in [0.15, 0.2) is 0 Å². The van der Waals surface area contributed by atoms with Gasteiger partial charge in [-0.3, -0.25) is 4.79 Å². The van der Waals surface area contributed by atoms with Gasteiger partial charge in [-0.15, -0.1) is 0 Å². The summed E-state index contributed by atoms with van der Waals surface area (Å²) in [5.41, 5.74) is 5.13. The molecule has 17 heavy (non-hydrogen) atoms. The number of aliphatic hydroxyl groups excluding tert-OH is 1. The highest BCUT2D eigenvalue weighted by Crippen LogP contribution is 2.38. The molecule has 0 aromatic rings. The van der Waals surface area contributed by atoms with E-state index in [1.165, 1.54) is 6.42 Å². The fraction of sp³-hybridized carbons (Fsp3) is 0.923. The zero-order valence-electron chi connectivity index (χ0n) is 10.5. The van der Waals surface area contributed by atoms with Crippen LogP contribution in [0, 0.1) is 5.41 Å². The van der Waals surface area contributed by atoms with Gasteiger partial charge in [0.25, 0.3) is 0 Å². The lowest BCUT2D eigenvalue weighted by Gasteiger charge is -2.44. The Morgan fingerprint density at radius 3 is 2.18 bits per heavy atom. The van der Waals surface area contributed by atoms with E-state index >= 15 is 0 Å². The summed E-state index contributed by atoms with van der Waals surface area (Å²) in [7, 11) is 0. The summed E-state index contributed by atoms with van der Waals surface area (Å²) in [5.74, 6) is 0.0773. The second-order valence-corrected chi connectivity index (χ2v) is 5.79. The maximum Gasteiger partial charge on any atom is 0.228 e. The third-order valence-electron chi connectivity index (χ3n) is 4.68. The molecule has 0 bridgehead atoms. The number of nitrogens with two attached hydrogens (primary N) is 1. The summed E-state index contributed by atoms with van der Waals surface area (Å²) in [6.07, 6.45) is 8.09. The van der Waals surface area contributed by atoms with E-state index in [2.05, 4.69) is 5.32 Å². The Hall–Kier alpha value is -0.610. The summed E-state index contributed by atoms with van der Waals surface area (Å²) in [6, 6.07) is 0. The molecular weight excluding hydrogens is 216 g/mol. The molecule has 98 valence electrons. The molecule has 4 heteroatoms. The largest absolute Gasteiger partial charge is 0.394 e. The van der Waals surface area contributed by atoms with Crippen molar-refractivity contribution in [1.29, 1.82) is 0 Å². The molecule has 4 N–H and O–H groups in total. The van der Waals surface area contributed by atoms with Crippen LogP contribution < -0.4 is 11.1 Å². The first kappa shape index (κ1) is 12.8. The molecule has 0 heterocycles. The fourth-order valence-corrected chi connectivity index (χ4v) is 3.05. The molecule has 0 saturated heterocycles. The van der Waals surface area contributed by atoms with Gasteiger partial charge in [0, 0.05) is 6.54 Å². The lowest BCUT2D eigenvalue weighted by atomic mass is 9.71. The molecule has 2 saturated carbocycles. The van der Waals surface area contributed by atoms with Crippen LogP contribution in [-0.2, 0) is 4.79 Å². The van der Waals surface area contributed by atoms with Gasteiger partial charge in [-0.05, 0) is 32.1 Å². The molecule has 0 aromatic heterocycles. The molecule has 0 unspecified atom stereocenters.